The van der Waals surface area contributed by atoms with Crippen LogP contribution in [-0.4, -0.2) is 56.0 Å². The summed E-state index contributed by atoms with van der Waals surface area (Å²) in [5.74, 6) is 0.246. The topological polar surface area (TPSA) is 71.3 Å². The number of aromatic nitrogens is 3. The second kappa shape index (κ2) is 7.73. The zero-order chi connectivity index (χ0) is 19.6. The van der Waals surface area contributed by atoms with E-state index < -0.39 is 0 Å². The van der Waals surface area contributed by atoms with E-state index in [4.69, 9.17) is 0 Å². The number of nitrogens with zero attached hydrogens (tertiary/aromatic N) is 5. The molecule has 0 radical (unpaired) electrons. The van der Waals surface area contributed by atoms with Gasteiger partial charge in [0, 0.05) is 63.2 Å². The van der Waals surface area contributed by atoms with Gasteiger partial charge >= 0.3 is 0 Å². The first-order valence-corrected chi connectivity index (χ1v) is 10.1. The first kappa shape index (κ1) is 18.7. The summed E-state index contributed by atoms with van der Waals surface area (Å²) in [6, 6.07) is 5.70. The van der Waals surface area contributed by atoms with Crippen molar-refractivity contribution in [2.75, 3.05) is 19.6 Å². The summed E-state index contributed by atoms with van der Waals surface area (Å²) in [5, 5.41) is 4.23. The van der Waals surface area contributed by atoms with E-state index in [2.05, 4.69) is 10.1 Å². The van der Waals surface area contributed by atoms with Gasteiger partial charge in [-0.3, -0.25) is 19.3 Å². The minimum Gasteiger partial charge on any atom is -0.338 e. The molecule has 0 N–H and O–H groups in total. The van der Waals surface area contributed by atoms with Crippen molar-refractivity contribution in [2.45, 2.75) is 45.7 Å². The standard InChI is InChI=1S/C21H27N5O2/c1-2-26-18(7-11-23-26)20(28)24-12-4-8-21(15-24)9-6-19(27)25(16-21)14-17-5-3-10-22-13-17/h3,5,7,10-11,13H,2,4,6,8-9,12,14-16H2,1H3/t21-/m1/s1. The molecule has 2 fully saturated rings. The Morgan fingerprint density at radius 1 is 1.21 bits per heavy atom. The molecule has 2 amide bonds. The molecule has 4 rings (SSSR count). The molecule has 1 atom stereocenters. The monoisotopic (exact) mass is 381 g/mol. The van der Waals surface area contributed by atoms with Gasteiger partial charge in [-0.2, -0.15) is 5.10 Å². The van der Waals surface area contributed by atoms with Crippen molar-refractivity contribution < 1.29 is 9.59 Å². The Balaban J connectivity index is 1.49. The average Bonchev–Trinajstić information content (AvgIpc) is 3.20. The summed E-state index contributed by atoms with van der Waals surface area (Å²) in [5.41, 5.74) is 1.68. The average molecular weight is 381 g/mol. The van der Waals surface area contributed by atoms with Crippen LogP contribution < -0.4 is 0 Å². The van der Waals surface area contributed by atoms with Crippen LogP contribution in [0.3, 0.4) is 0 Å². The van der Waals surface area contributed by atoms with Crippen molar-refractivity contribution in [2.24, 2.45) is 5.41 Å². The Kier molecular flexibility index (Phi) is 5.15. The smallest absolute Gasteiger partial charge is 0.272 e. The van der Waals surface area contributed by atoms with Crippen molar-refractivity contribution >= 4 is 11.8 Å². The number of hydrogen-bond acceptors (Lipinski definition) is 4. The molecule has 2 aliphatic heterocycles. The number of carbonyl (C=O) groups is 2. The van der Waals surface area contributed by atoms with E-state index in [1.54, 1.807) is 23.1 Å². The first-order chi connectivity index (χ1) is 13.6. The van der Waals surface area contributed by atoms with Gasteiger partial charge in [-0.25, -0.2) is 0 Å². The summed E-state index contributed by atoms with van der Waals surface area (Å²) in [6.45, 7) is 5.44. The highest BCUT2D eigenvalue weighted by Gasteiger charge is 2.43. The normalized spacial score (nSPS) is 22.7. The molecule has 2 aromatic rings. The van der Waals surface area contributed by atoms with E-state index in [0.717, 1.165) is 31.4 Å². The number of likely N-dealkylation sites (tertiary alicyclic amines) is 2. The predicted molar refractivity (Wildman–Crippen MR) is 104 cm³/mol. The number of piperidine rings is 2. The van der Waals surface area contributed by atoms with E-state index in [-0.39, 0.29) is 17.2 Å². The molecule has 2 aliphatic rings. The van der Waals surface area contributed by atoms with E-state index >= 15 is 0 Å². The van der Waals surface area contributed by atoms with Gasteiger partial charge in [0.1, 0.15) is 5.69 Å². The van der Waals surface area contributed by atoms with E-state index in [1.807, 2.05) is 35.1 Å². The molecular formula is C21H27N5O2. The van der Waals surface area contributed by atoms with Crippen molar-refractivity contribution in [3.05, 3.63) is 48.0 Å². The Hall–Kier alpha value is -2.70. The Morgan fingerprint density at radius 3 is 2.89 bits per heavy atom. The van der Waals surface area contributed by atoms with Gasteiger partial charge in [-0.15, -0.1) is 0 Å². The van der Waals surface area contributed by atoms with Crippen LogP contribution in [0.5, 0.6) is 0 Å². The van der Waals surface area contributed by atoms with E-state index in [9.17, 15) is 9.59 Å². The zero-order valence-corrected chi connectivity index (χ0v) is 16.4. The van der Waals surface area contributed by atoms with E-state index in [0.29, 0.717) is 38.3 Å². The van der Waals surface area contributed by atoms with Crippen LogP contribution in [0.1, 0.15) is 48.7 Å². The summed E-state index contributed by atoms with van der Waals surface area (Å²) < 4.78 is 1.75. The molecule has 0 aromatic carbocycles. The fourth-order valence-electron chi connectivity index (χ4n) is 4.60. The molecule has 7 heteroatoms. The number of pyridine rings is 1. The molecule has 4 heterocycles. The van der Waals surface area contributed by atoms with Crippen LogP contribution >= 0.6 is 0 Å². The van der Waals surface area contributed by atoms with Gasteiger partial charge in [-0.05, 0) is 43.9 Å². The lowest BCUT2D eigenvalue weighted by molar-refractivity contribution is -0.139. The summed E-state index contributed by atoms with van der Waals surface area (Å²) in [4.78, 5) is 33.7. The lowest BCUT2D eigenvalue weighted by Crippen LogP contribution is -2.55. The van der Waals surface area contributed by atoms with Crippen molar-refractivity contribution in [1.29, 1.82) is 0 Å². The highest BCUT2D eigenvalue weighted by Crippen LogP contribution is 2.39. The Morgan fingerprint density at radius 2 is 2.11 bits per heavy atom. The Labute approximate surface area is 165 Å². The number of carbonyl (C=O) groups excluding carboxylic acids is 2. The largest absolute Gasteiger partial charge is 0.338 e. The number of rotatable bonds is 4. The third kappa shape index (κ3) is 3.66. The van der Waals surface area contributed by atoms with Gasteiger partial charge < -0.3 is 9.80 Å². The third-order valence-corrected chi connectivity index (χ3v) is 6.03. The quantitative estimate of drug-likeness (QED) is 0.815. The number of aryl methyl sites for hydroxylation is 1. The number of hydrogen-bond donors (Lipinski definition) is 0. The molecular weight excluding hydrogens is 354 g/mol. The van der Waals surface area contributed by atoms with E-state index in [1.165, 1.54) is 0 Å². The predicted octanol–water partition coefficient (Wildman–Crippen LogP) is 2.34. The molecule has 28 heavy (non-hydrogen) atoms. The fraction of sp³-hybridized carbons (Fsp3) is 0.524. The molecule has 0 bridgehead atoms. The molecule has 148 valence electrons. The fourth-order valence-corrected chi connectivity index (χ4v) is 4.60. The van der Waals surface area contributed by atoms with Crippen LogP contribution in [-0.2, 0) is 17.9 Å². The highest BCUT2D eigenvalue weighted by atomic mass is 16.2. The maximum Gasteiger partial charge on any atom is 0.272 e. The molecule has 7 nitrogen and oxygen atoms in total. The Bertz CT molecular complexity index is 849. The maximum atomic E-state index is 13.1. The molecule has 2 aromatic heterocycles. The van der Waals surface area contributed by atoms with Crippen LogP contribution in [0, 0.1) is 5.41 Å². The van der Waals surface area contributed by atoms with Crippen LogP contribution in [0.25, 0.3) is 0 Å². The molecule has 0 unspecified atom stereocenters. The van der Waals surface area contributed by atoms with Crippen molar-refractivity contribution in [3.8, 4) is 0 Å². The minimum absolute atomic E-state index is 0.0128. The highest BCUT2D eigenvalue weighted by molar-refractivity contribution is 5.92. The lowest BCUT2D eigenvalue weighted by atomic mass is 9.73. The van der Waals surface area contributed by atoms with Crippen molar-refractivity contribution in [3.63, 3.8) is 0 Å². The van der Waals surface area contributed by atoms with Gasteiger partial charge in [0.25, 0.3) is 5.91 Å². The second-order valence-corrected chi connectivity index (χ2v) is 7.97. The zero-order valence-electron chi connectivity index (χ0n) is 16.4. The SMILES string of the molecule is CCn1nccc1C(=O)N1CCC[C@@]2(CCC(=O)N(Cc3cccnc3)C2)C1. The van der Waals surface area contributed by atoms with Gasteiger partial charge in [-0.1, -0.05) is 6.07 Å². The maximum absolute atomic E-state index is 13.1. The second-order valence-electron chi connectivity index (χ2n) is 7.97. The van der Waals surface area contributed by atoms with Gasteiger partial charge in [0.2, 0.25) is 5.91 Å². The third-order valence-electron chi connectivity index (χ3n) is 6.03. The molecule has 2 saturated heterocycles. The summed E-state index contributed by atoms with van der Waals surface area (Å²) in [6.07, 6.45) is 8.68. The van der Waals surface area contributed by atoms with Crippen LogP contribution in [0.4, 0.5) is 0 Å². The van der Waals surface area contributed by atoms with Gasteiger partial charge in [0.05, 0.1) is 0 Å². The van der Waals surface area contributed by atoms with Crippen LogP contribution in [0.2, 0.25) is 0 Å². The van der Waals surface area contributed by atoms with Crippen LogP contribution in [0.15, 0.2) is 36.8 Å². The minimum atomic E-state index is -0.0128. The summed E-state index contributed by atoms with van der Waals surface area (Å²) in [7, 11) is 0. The summed E-state index contributed by atoms with van der Waals surface area (Å²) >= 11 is 0. The molecule has 0 saturated carbocycles. The first-order valence-electron chi connectivity index (χ1n) is 10.1. The van der Waals surface area contributed by atoms with Crippen molar-refractivity contribution in [1.82, 2.24) is 24.6 Å². The molecule has 0 aliphatic carbocycles. The number of amides is 2. The molecule has 1 spiro atoms. The van der Waals surface area contributed by atoms with Gasteiger partial charge in [0.15, 0.2) is 0 Å². The lowest BCUT2D eigenvalue weighted by Gasteiger charge is -2.48.